The third-order valence-electron chi connectivity index (χ3n) is 5.01. The lowest BCUT2D eigenvalue weighted by Crippen LogP contribution is -2.42. The van der Waals surface area contributed by atoms with Crippen molar-refractivity contribution in [1.82, 2.24) is 4.90 Å². The highest BCUT2D eigenvalue weighted by molar-refractivity contribution is 5.94. The number of benzene rings is 2. The van der Waals surface area contributed by atoms with Gasteiger partial charge in [-0.3, -0.25) is 4.79 Å². The van der Waals surface area contributed by atoms with Crippen molar-refractivity contribution < 1.29 is 40.6 Å². The molecule has 0 saturated carbocycles. The summed E-state index contributed by atoms with van der Waals surface area (Å²) in [4.78, 5) is 13.9. The third kappa shape index (κ3) is 5.66. The van der Waals surface area contributed by atoms with Gasteiger partial charge < -0.3 is 14.4 Å². The highest BCUT2D eigenvalue weighted by Crippen LogP contribution is 2.37. The zero-order valence-corrected chi connectivity index (χ0v) is 17.1. The van der Waals surface area contributed by atoms with Crippen molar-refractivity contribution in [1.29, 1.82) is 0 Å². The fourth-order valence-electron chi connectivity index (χ4n) is 3.44. The zero-order chi connectivity index (χ0) is 23.5. The normalized spacial score (nSPS) is 15.5. The molecule has 3 rings (SSSR count). The van der Waals surface area contributed by atoms with Gasteiger partial charge in [0, 0.05) is 31.5 Å². The molecule has 1 heterocycles. The Morgan fingerprint density at radius 2 is 1.47 bits per heavy atom. The zero-order valence-electron chi connectivity index (χ0n) is 17.1. The van der Waals surface area contributed by atoms with Crippen LogP contribution in [0.15, 0.2) is 42.5 Å². The van der Waals surface area contributed by atoms with Crippen molar-refractivity contribution in [3.8, 4) is 11.5 Å². The number of piperidine rings is 1. The number of rotatable bonds is 5. The average Bonchev–Trinajstić information content (AvgIpc) is 2.74. The standard InChI is InChI=1S/C22H21F6NO3/c1-2-31-18-5-3-4-6-19(18)32-17-7-9-29(10-8-17)20(30)14-11-15(21(23,24)25)13-16(12-14)22(26,27)28/h3-6,11-13,17H,2,7-10H2,1H3. The van der Waals surface area contributed by atoms with Gasteiger partial charge in [0.25, 0.3) is 5.91 Å². The Bertz CT molecular complexity index is 917. The fourth-order valence-corrected chi connectivity index (χ4v) is 3.44. The first-order chi connectivity index (χ1) is 15.0. The second kappa shape index (κ2) is 9.30. The summed E-state index contributed by atoms with van der Waals surface area (Å²) in [6.45, 7) is 2.55. The second-order valence-electron chi connectivity index (χ2n) is 7.28. The maximum absolute atomic E-state index is 13.1. The summed E-state index contributed by atoms with van der Waals surface area (Å²) in [5, 5.41) is 0. The van der Waals surface area contributed by atoms with E-state index in [4.69, 9.17) is 9.47 Å². The molecule has 1 saturated heterocycles. The summed E-state index contributed by atoms with van der Waals surface area (Å²) >= 11 is 0. The van der Waals surface area contributed by atoms with Crippen LogP contribution in [0.4, 0.5) is 26.3 Å². The maximum Gasteiger partial charge on any atom is 0.416 e. The summed E-state index contributed by atoms with van der Waals surface area (Å²) in [7, 11) is 0. The Balaban J connectivity index is 1.72. The molecule has 2 aromatic carbocycles. The van der Waals surface area contributed by atoms with Crippen LogP contribution in [-0.2, 0) is 12.4 Å². The Hall–Kier alpha value is -2.91. The van der Waals surface area contributed by atoms with E-state index in [-0.39, 0.29) is 25.3 Å². The summed E-state index contributed by atoms with van der Waals surface area (Å²) < 4.78 is 89.9. The monoisotopic (exact) mass is 461 g/mol. The molecule has 0 spiro atoms. The van der Waals surface area contributed by atoms with Gasteiger partial charge in [0.2, 0.25) is 0 Å². The summed E-state index contributed by atoms with van der Waals surface area (Å²) in [6, 6.07) is 7.99. The predicted molar refractivity (Wildman–Crippen MR) is 104 cm³/mol. The van der Waals surface area contributed by atoms with Gasteiger partial charge in [0.05, 0.1) is 17.7 Å². The first kappa shape index (κ1) is 23.7. The number of ether oxygens (including phenoxy) is 2. The largest absolute Gasteiger partial charge is 0.490 e. The van der Waals surface area contributed by atoms with E-state index in [2.05, 4.69) is 0 Å². The number of halogens is 6. The number of carbonyl (C=O) groups is 1. The van der Waals surface area contributed by atoms with Gasteiger partial charge in [-0.2, -0.15) is 26.3 Å². The molecule has 0 aliphatic carbocycles. The average molecular weight is 461 g/mol. The topological polar surface area (TPSA) is 38.8 Å². The number of amides is 1. The number of alkyl halides is 6. The van der Waals surface area contributed by atoms with Gasteiger partial charge in [0.15, 0.2) is 11.5 Å². The lowest BCUT2D eigenvalue weighted by Gasteiger charge is -2.32. The lowest BCUT2D eigenvalue weighted by molar-refractivity contribution is -0.143. The highest BCUT2D eigenvalue weighted by Gasteiger charge is 2.38. The van der Waals surface area contributed by atoms with Crippen molar-refractivity contribution in [3.05, 3.63) is 59.2 Å². The van der Waals surface area contributed by atoms with Gasteiger partial charge in [-0.05, 0) is 37.3 Å². The van der Waals surface area contributed by atoms with Gasteiger partial charge in [-0.25, -0.2) is 0 Å². The van der Waals surface area contributed by atoms with Crippen molar-refractivity contribution in [2.75, 3.05) is 19.7 Å². The first-order valence-electron chi connectivity index (χ1n) is 9.96. The number of hydrogen-bond acceptors (Lipinski definition) is 3. The summed E-state index contributed by atoms with van der Waals surface area (Å²) in [5.74, 6) is 0.221. The minimum Gasteiger partial charge on any atom is -0.490 e. The van der Waals surface area contributed by atoms with Gasteiger partial charge in [-0.1, -0.05) is 12.1 Å². The molecule has 1 aliphatic heterocycles. The van der Waals surface area contributed by atoms with Crippen LogP contribution in [0.5, 0.6) is 11.5 Å². The maximum atomic E-state index is 13.1. The van der Waals surface area contributed by atoms with E-state index in [0.717, 1.165) is 0 Å². The molecule has 32 heavy (non-hydrogen) atoms. The number of nitrogens with zero attached hydrogens (tertiary/aromatic N) is 1. The molecule has 0 atom stereocenters. The molecular weight excluding hydrogens is 440 g/mol. The number of carbonyl (C=O) groups excluding carboxylic acids is 1. The molecule has 0 bridgehead atoms. The van der Waals surface area contributed by atoms with E-state index in [9.17, 15) is 31.1 Å². The van der Waals surface area contributed by atoms with Crippen molar-refractivity contribution >= 4 is 5.91 Å². The minimum atomic E-state index is -5.01. The van der Waals surface area contributed by atoms with E-state index in [1.54, 1.807) is 24.3 Å². The Morgan fingerprint density at radius 1 is 0.938 bits per heavy atom. The molecule has 0 aromatic heterocycles. The van der Waals surface area contributed by atoms with Gasteiger partial charge in [-0.15, -0.1) is 0 Å². The summed E-state index contributed by atoms with van der Waals surface area (Å²) in [5.41, 5.74) is -3.67. The van der Waals surface area contributed by atoms with E-state index >= 15 is 0 Å². The van der Waals surface area contributed by atoms with E-state index in [1.807, 2.05) is 6.92 Å². The van der Waals surface area contributed by atoms with E-state index < -0.39 is 35.0 Å². The smallest absolute Gasteiger partial charge is 0.416 e. The predicted octanol–water partition coefficient (Wildman–Crippen LogP) is 5.81. The van der Waals surface area contributed by atoms with Crippen LogP contribution in [0.3, 0.4) is 0 Å². The highest BCUT2D eigenvalue weighted by atomic mass is 19.4. The quantitative estimate of drug-likeness (QED) is 0.528. The van der Waals surface area contributed by atoms with Crippen molar-refractivity contribution in [2.24, 2.45) is 0 Å². The Labute approximate surface area is 180 Å². The lowest BCUT2D eigenvalue weighted by atomic mass is 10.0. The number of likely N-dealkylation sites (tertiary alicyclic amines) is 1. The van der Waals surface area contributed by atoms with Crippen LogP contribution < -0.4 is 9.47 Å². The van der Waals surface area contributed by atoms with Crippen LogP contribution in [0.2, 0.25) is 0 Å². The van der Waals surface area contributed by atoms with Crippen LogP contribution in [0, 0.1) is 0 Å². The molecule has 174 valence electrons. The number of para-hydroxylation sites is 2. The Kier molecular flexibility index (Phi) is 6.90. The molecule has 10 heteroatoms. The molecule has 0 unspecified atom stereocenters. The molecule has 4 nitrogen and oxygen atoms in total. The molecule has 1 fully saturated rings. The molecule has 0 radical (unpaired) electrons. The summed E-state index contributed by atoms with van der Waals surface area (Å²) in [6.07, 6.45) is -9.54. The van der Waals surface area contributed by atoms with Crippen molar-refractivity contribution in [2.45, 2.75) is 38.2 Å². The molecular formula is C22H21F6NO3. The molecule has 0 N–H and O–H groups in total. The third-order valence-corrected chi connectivity index (χ3v) is 5.01. The fraction of sp³-hybridized carbons (Fsp3) is 0.409. The van der Waals surface area contributed by atoms with Crippen LogP contribution in [0.1, 0.15) is 41.3 Å². The molecule has 1 aliphatic rings. The van der Waals surface area contributed by atoms with Crippen molar-refractivity contribution in [3.63, 3.8) is 0 Å². The first-order valence-corrected chi connectivity index (χ1v) is 9.96. The Morgan fingerprint density at radius 3 is 1.97 bits per heavy atom. The SMILES string of the molecule is CCOc1ccccc1OC1CCN(C(=O)c2cc(C(F)(F)F)cc(C(F)(F)F)c2)CC1. The van der Waals surface area contributed by atoms with Crippen LogP contribution in [-0.4, -0.2) is 36.6 Å². The van der Waals surface area contributed by atoms with Crippen LogP contribution in [0.25, 0.3) is 0 Å². The number of hydrogen-bond donors (Lipinski definition) is 0. The van der Waals surface area contributed by atoms with Gasteiger partial charge >= 0.3 is 12.4 Å². The second-order valence-corrected chi connectivity index (χ2v) is 7.28. The minimum absolute atomic E-state index is 0.00662. The van der Waals surface area contributed by atoms with E-state index in [1.165, 1.54) is 4.90 Å². The van der Waals surface area contributed by atoms with E-state index in [0.29, 0.717) is 43.1 Å². The molecule has 2 aromatic rings. The van der Waals surface area contributed by atoms with Gasteiger partial charge in [0.1, 0.15) is 6.10 Å². The molecule has 1 amide bonds. The van der Waals surface area contributed by atoms with Crippen LogP contribution >= 0.6 is 0 Å².